The Balaban J connectivity index is 2.00. The number of ether oxygens (including phenoxy) is 2. The second-order valence-electron chi connectivity index (χ2n) is 5.80. The van der Waals surface area contributed by atoms with E-state index in [1.165, 1.54) is 5.56 Å². The fourth-order valence-electron chi connectivity index (χ4n) is 2.63. The molecular weight excluding hydrogens is 302 g/mol. The fourth-order valence-corrected chi connectivity index (χ4v) is 2.63. The highest BCUT2D eigenvalue weighted by Crippen LogP contribution is 2.23. The highest BCUT2D eigenvalue weighted by molar-refractivity contribution is 6.05. The van der Waals surface area contributed by atoms with Crippen LogP contribution in [0.5, 0.6) is 5.75 Å². The van der Waals surface area contributed by atoms with Crippen LogP contribution in [0.15, 0.2) is 36.4 Å². The zero-order chi connectivity index (χ0) is 17.5. The molecule has 4 nitrogen and oxygen atoms in total. The van der Waals surface area contributed by atoms with Gasteiger partial charge < -0.3 is 14.8 Å². The monoisotopic (exact) mass is 327 g/mol. The van der Waals surface area contributed by atoms with Gasteiger partial charge in [0.1, 0.15) is 12.4 Å². The number of anilines is 1. The Labute approximate surface area is 143 Å². The first-order valence-corrected chi connectivity index (χ1v) is 8.21. The summed E-state index contributed by atoms with van der Waals surface area (Å²) in [6.45, 7) is 9.75. The molecule has 4 heteroatoms. The van der Waals surface area contributed by atoms with Crippen LogP contribution in [-0.4, -0.2) is 25.7 Å². The molecule has 1 N–H and O–H groups in total. The summed E-state index contributed by atoms with van der Waals surface area (Å²) in [6.07, 6.45) is 0. The van der Waals surface area contributed by atoms with Gasteiger partial charge in [0.2, 0.25) is 0 Å². The van der Waals surface area contributed by atoms with Crippen LogP contribution in [0, 0.1) is 20.8 Å². The lowest BCUT2D eigenvalue weighted by molar-refractivity contribution is 0.102. The van der Waals surface area contributed by atoms with E-state index in [1.54, 1.807) is 24.3 Å². The number of amides is 1. The van der Waals surface area contributed by atoms with E-state index in [1.807, 2.05) is 20.8 Å². The molecule has 0 aliphatic heterocycles. The molecule has 2 aromatic carbocycles. The minimum Gasteiger partial charge on any atom is -0.491 e. The number of carbonyl (C=O) groups is 1. The molecule has 0 aliphatic rings. The summed E-state index contributed by atoms with van der Waals surface area (Å²) < 4.78 is 10.8. The first-order valence-electron chi connectivity index (χ1n) is 8.21. The lowest BCUT2D eigenvalue weighted by Crippen LogP contribution is -2.14. The summed E-state index contributed by atoms with van der Waals surface area (Å²) in [6, 6.07) is 11.3. The molecule has 0 radical (unpaired) electrons. The Bertz CT molecular complexity index is 670. The highest BCUT2D eigenvalue weighted by Gasteiger charge is 2.10. The molecule has 0 unspecified atom stereocenters. The Morgan fingerprint density at radius 2 is 1.62 bits per heavy atom. The van der Waals surface area contributed by atoms with Crippen molar-refractivity contribution in [3.05, 3.63) is 58.7 Å². The molecule has 0 heterocycles. The third kappa shape index (κ3) is 4.83. The second kappa shape index (κ2) is 8.50. The molecule has 0 spiro atoms. The van der Waals surface area contributed by atoms with E-state index in [2.05, 4.69) is 24.4 Å². The molecule has 0 saturated carbocycles. The quantitative estimate of drug-likeness (QED) is 0.772. The van der Waals surface area contributed by atoms with Gasteiger partial charge in [-0.15, -0.1) is 0 Å². The number of nitrogens with one attached hydrogen (secondary N) is 1. The number of hydrogen-bond acceptors (Lipinski definition) is 3. The van der Waals surface area contributed by atoms with Crippen LogP contribution in [0.3, 0.4) is 0 Å². The van der Waals surface area contributed by atoms with Crippen LogP contribution >= 0.6 is 0 Å². The van der Waals surface area contributed by atoms with Crippen molar-refractivity contribution >= 4 is 11.6 Å². The van der Waals surface area contributed by atoms with Crippen LogP contribution in [-0.2, 0) is 4.74 Å². The smallest absolute Gasteiger partial charge is 0.255 e. The lowest BCUT2D eigenvalue weighted by Gasteiger charge is -2.13. The maximum Gasteiger partial charge on any atom is 0.255 e. The lowest BCUT2D eigenvalue weighted by atomic mass is 10.0. The van der Waals surface area contributed by atoms with Gasteiger partial charge in [-0.05, 0) is 63.1 Å². The Morgan fingerprint density at radius 1 is 1.00 bits per heavy atom. The van der Waals surface area contributed by atoms with E-state index in [9.17, 15) is 4.79 Å². The van der Waals surface area contributed by atoms with E-state index in [4.69, 9.17) is 9.47 Å². The molecule has 0 aromatic heterocycles. The van der Waals surface area contributed by atoms with Crippen molar-refractivity contribution in [1.82, 2.24) is 0 Å². The van der Waals surface area contributed by atoms with E-state index in [-0.39, 0.29) is 5.91 Å². The first-order chi connectivity index (χ1) is 11.5. The average Bonchev–Trinajstić information content (AvgIpc) is 2.55. The maximum absolute atomic E-state index is 12.4. The van der Waals surface area contributed by atoms with Gasteiger partial charge in [0.25, 0.3) is 5.91 Å². The van der Waals surface area contributed by atoms with Crippen molar-refractivity contribution in [3.63, 3.8) is 0 Å². The molecule has 1 amide bonds. The van der Waals surface area contributed by atoms with Crippen LogP contribution < -0.4 is 10.1 Å². The number of rotatable bonds is 7. The zero-order valence-electron chi connectivity index (χ0n) is 14.8. The molecule has 0 fully saturated rings. The van der Waals surface area contributed by atoms with Crippen molar-refractivity contribution in [3.8, 4) is 5.75 Å². The summed E-state index contributed by atoms with van der Waals surface area (Å²) in [5, 5.41) is 3.00. The van der Waals surface area contributed by atoms with Gasteiger partial charge in [0.15, 0.2) is 0 Å². The summed E-state index contributed by atoms with van der Waals surface area (Å²) >= 11 is 0. The van der Waals surface area contributed by atoms with E-state index >= 15 is 0 Å². The number of hydrogen-bond donors (Lipinski definition) is 1. The Hall–Kier alpha value is -2.33. The highest BCUT2D eigenvalue weighted by atomic mass is 16.5. The van der Waals surface area contributed by atoms with Gasteiger partial charge in [0, 0.05) is 17.9 Å². The average molecular weight is 327 g/mol. The zero-order valence-corrected chi connectivity index (χ0v) is 14.8. The Kier molecular flexibility index (Phi) is 6.38. The summed E-state index contributed by atoms with van der Waals surface area (Å²) in [5.41, 5.74) is 4.80. The van der Waals surface area contributed by atoms with E-state index in [0.29, 0.717) is 25.4 Å². The van der Waals surface area contributed by atoms with Crippen LogP contribution in [0.1, 0.15) is 34.0 Å². The maximum atomic E-state index is 12.4. The summed E-state index contributed by atoms with van der Waals surface area (Å²) in [7, 11) is 0. The normalized spacial score (nSPS) is 10.5. The predicted molar refractivity (Wildman–Crippen MR) is 97.0 cm³/mol. The molecule has 0 saturated heterocycles. The molecule has 128 valence electrons. The van der Waals surface area contributed by atoms with Gasteiger partial charge in [0.05, 0.1) is 6.61 Å². The minimum absolute atomic E-state index is 0.120. The topological polar surface area (TPSA) is 47.6 Å². The first kappa shape index (κ1) is 18.0. The number of carbonyl (C=O) groups excluding carboxylic acids is 1. The van der Waals surface area contributed by atoms with E-state index < -0.39 is 0 Å². The van der Waals surface area contributed by atoms with Crippen LogP contribution in [0.25, 0.3) is 0 Å². The van der Waals surface area contributed by atoms with Crippen molar-refractivity contribution in [1.29, 1.82) is 0 Å². The molecule has 2 aromatic rings. The second-order valence-corrected chi connectivity index (χ2v) is 5.80. The molecule has 0 aliphatic carbocycles. The predicted octanol–water partition coefficient (Wildman–Crippen LogP) is 4.28. The van der Waals surface area contributed by atoms with Gasteiger partial charge in [-0.1, -0.05) is 17.7 Å². The Morgan fingerprint density at radius 3 is 2.21 bits per heavy atom. The van der Waals surface area contributed by atoms with Crippen molar-refractivity contribution in [2.45, 2.75) is 27.7 Å². The summed E-state index contributed by atoms with van der Waals surface area (Å²) in [4.78, 5) is 12.4. The fraction of sp³-hybridized carbons (Fsp3) is 0.350. The number of aryl methyl sites for hydroxylation is 3. The standard InChI is InChI=1S/C20H25NO3/c1-5-23-10-11-24-18-8-6-17(7-9-18)20(22)21-19-15(3)12-14(2)13-16(19)4/h6-9,12-13H,5,10-11H2,1-4H3,(H,21,22). The molecule has 24 heavy (non-hydrogen) atoms. The van der Waals surface area contributed by atoms with Gasteiger partial charge >= 0.3 is 0 Å². The van der Waals surface area contributed by atoms with Crippen LogP contribution in [0.4, 0.5) is 5.69 Å². The largest absolute Gasteiger partial charge is 0.491 e. The molecule has 0 bridgehead atoms. The van der Waals surface area contributed by atoms with Gasteiger partial charge in [-0.25, -0.2) is 0 Å². The van der Waals surface area contributed by atoms with Crippen molar-refractivity contribution < 1.29 is 14.3 Å². The third-order valence-electron chi connectivity index (χ3n) is 3.73. The minimum atomic E-state index is -0.120. The molecule has 0 atom stereocenters. The van der Waals surface area contributed by atoms with E-state index in [0.717, 1.165) is 22.6 Å². The van der Waals surface area contributed by atoms with Gasteiger partial charge in [-0.2, -0.15) is 0 Å². The van der Waals surface area contributed by atoms with Crippen molar-refractivity contribution in [2.75, 3.05) is 25.1 Å². The van der Waals surface area contributed by atoms with Crippen molar-refractivity contribution in [2.24, 2.45) is 0 Å². The number of benzene rings is 2. The van der Waals surface area contributed by atoms with Gasteiger partial charge in [-0.3, -0.25) is 4.79 Å². The van der Waals surface area contributed by atoms with Crippen LogP contribution in [0.2, 0.25) is 0 Å². The molecular formula is C20H25NO3. The summed E-state index contributed by atoms with van der Waals surface area (Å²) in [5.74, 6) is 0.611. The SMILES string of the molecule is CCOCCOc1ccc(C(=O)Nc2c(C)cc(C)cc2C)cc1. The molecule has 2 rings (SSSR count). The third-order valence-corrected chi connectivity index (χ3v) is 3.73.